The van der Waals surface area contributed by atoms with E-state index in [1.54, 1.807) is 25.4 Å². The summed E-state index contributed by atoms with van der Waals surface area (Å²) in [4.78, 5) is 16.3. The fraction of sp³-hybridized carbons (Fsp3) is 0.538. The van der Waals surface area contributed by atoms with Gasteiger partial charge in [-0.3, -0.25) is 9.78 Å². The van der Waals surface area contributed by atoms with Crippen LogP contribution in [0.15, 0.2) is 18.5 Å². The number of nitrogens with one attached hydrogen (secondary N) is 2. The maximum absolute atomic E-state index is 12.3. The minimum absolute atomic E-state index is 0.00658. The quantitative estimate of drug-likeness (QED) is 0.859. The predicted octanol–water partition coefficient (Wildman–Crippen LogP) is 0.820. The van der Waals surface area contributed by atoms with Crippen LogP contribution in [0.1, 0.15) is 30.6 Å². The number of aromatic nitrogens is 1. The maximum atomic E-state index is 12.3. The molecule has 2 rings (SSSR count). The number of anilines is 1. The van der Waals surface area contributed by atoms with Gasteiger partial charge in [-0.25, -0.2) is 8.42 Å². The Morgan fingerprint density at radius 2 is 2.25 bits per heavy atom. The van der Waals surface area contributed by atoms with E-state index in [2.05, 4.69) is 15.6 Å². The summed E-state index contributed by atoms with van der Waals surface area (Å²) >= 11 is 0. The third-order valence-electron chi connectivity index (χ3n) is 3.35. The maximum Gasteiger partial charge on any atom is 0.253 e. The molecule has 7 heteroatoms. The van der Waals surface area contributed by atoms with Gasteiger partial charge >= 0.3 is 0 Å². The van der Waals surface area contributed by atoms with Crippen LogP contribution in [0.25, 0.3) is 0 Å². The number of carbonyl (C=O) groups is 1. The van der Waals surface area contributed by atoms with Gasteiger partial charge in [-0.2, -0.15) is 0 Å². The number of rotatable bonds is 4. The highest BCUT2D eigenvalue weighted by atomic mass is 32.2. The van der Waals surface area contributed by atoms with Crippen LogP contribution < -0.4 is 10.6 Å². The fourth-order valence-electron chi connectivity index (χ4n) is 2.37. The topological polar surface area (TPSA) is 88.2 Å². The van der Waals surface area contributed by atoms with Gasteiger partial charge in [0.05, 0.1) is 34.5 Å². The number of hydrogen-bond acceptors (Lipinski definition) is 5. The van der Waals surface area contributed by atoms with Crippen molar-refractivity contribution in [3.63, 3.8) is 0 Å². The predicted molar refractivity (Wildman–Crippen MR) is 77.5 cm³/mol. The van der Waals surface area contributed by atoms with E-state index in [0.717, 1.165) is 0 Å². The third-order valence-corrected chi connectivity index (χ3v) is 5.25. The first-order chi connectivity index (χ1) is 9.35. The number of sulfone groups is 1. The zero-order valence-corrected chi connectivity index (χ0v) is 12.5. The summed E-state index contributed by atoms with van der Waals surface area (Å²) in [6, 6.07) is 1.63. The largest absolute Gasteiger partial charge is 0.383 e. The molecule has 2 N–H and O–H groups in total. The lowest BCUT2D eigenvalue weighted by atomic mass is 10.0. The van der Waals surface area contributed by atoms with Crippen molar-refractivity contribution in [2.24, 2.45) is 0 Å². The second-order valence-electron chi connectivity index (χ2n) is 5.31. The van der Waals surface area contributed by atoms with Crippen molar-refractivity contribution in [1.82, 2.24) is 10.3 Å². The van der Waals surface area contributed by atoms with Crippen molar-refractivity contribution in [1.29, 1.82) is 0 Å². The van der Waals surface area contributed by atoms with Gasteiger partial charge in [-0.05, 0) is 26.3 Å². The van der Waals surface area contributed by atoms with Crippen molar-refractivity contribution in [3.05, 3.63) is 24.0 Å². The van der Waals surface area contributed by atoms with Crippen molar-refractivity contribution in [2.45, 2.75) is 25.8 Å². The van der Waals surface area contributed by atoms with Gasteiger partial charge in [0.2, 0.25) is 0 Å². The Morgan fingerprint density at radius 3 is 2.85 bits per heavy atom. The molecule has 1 unspecified atom stereocenters. The van der Waals surface area contributed by atoms with Gasteiger partial charge in [0.25, 0.3) is 5.91 Å². The highest BCUT2D eigenvalue weighted by Crippen LogP contribution is 2.24. The molecule has 110 valence electrons. The summed E-state index contributed by atoms with van der Waals surface area (Å²) < 4.78 is 23.1. The first-order valence-electron chi connectivity index (χ1n) is 6.56. The molecular formula is C13H19N3O3S. The van der Waals surface area contributed by atoms with E-state index in [1.165, 1.54) is 0 Å². The highest BCUT2D eigenvalue weighted by Gasteiger charge is 2.39. The lowest BCUT2D eigenvalue weighted by molar-refractivity contribution is 0.0916. The fourth-order valence-corrected chi connectivity index (χ4v) is 4.47. The van der Waals surface area contributed by atoms with Crippen LogP contribution in [-0.2, 0) is 9.84 Å². The van der Waals surface area contributed by atoms with E-state index in [0.29, 0.717) is 24.2 Å². The monoisotopic (exact) mass is 297 g/mol. The van der Waals surface area contributed by atoms with Gasteiger partial charge in [-0.15, -0.1) is 0 Å². The number of nitrogens with zero attached hydrogens (tertiary/aromatic N) is 1. The molecule has 0 aliphatic carbocycles. The zero-order chi connectivity index (χ0) is 14.8. The first-order valence-corrected chi connectivity index (χ1v) is 8.38. The van der Waals surface area contributed by atoms with Crippen LogP contribution in [0, 0.1) is 0 Å². The Labute approximate surface area is 118 Å². The average molecular weight is 297 g/mol. The molecule has 0 spiro atoms. The number of amides is 1. The molecule has 1 aromatic rings. The summed E-state index contributed by atoms with van der Waals surface area (Å²) in [5.41, 5.74) is 0.437. The van der Waals surface area contributed by atoms with Crippen molar-refractivity contribution < 1.29 is 13.2 Å². The molecule has 1 aliphatic rings. The Kier molecular flexibility index (Phi) is 3.99. The molecule has 1 aromatic heterocycles. The zero-order valence-electron chi connectivity index (χ0n) is 11.6. The smallest absolute Gasteiger partial charge is 0.253 e. The SMILES string of the molecule is CCNc1cnccc1C(=O)NC1(C)CCS(=O)(=O)C1. The van der Waals surface area contributed by atoms with Gasteiger partial charge in [0, 0.05) is 12.7 Å². The molecule has 0 aromatic carbocycles. The molecule has 1 saturated heterocycles. The summed E-state index contributed by atoms with van der Waals surface area (Å²) in [7, 11) is -3.04. The average Bonchev–Trinajstić information content (AvgIpc) is 2.64. The van der Waals surface area contributed by atoms with E-state index >= 15 is 0 Å². The molecule has 20 heavy (non-hydrogen) atoms. The van der Waals surface area contributed by atoms with Crippen LogP contribution in [0.2, 0.25) is 0 Å². The van der Waals surface area contributed by atoms with Gasteiger partial charge in [-0.1, -0.05) is 0 Å². The van der Waals surface area contributed by atoms with Crippen molar-refractivity contribution in [2.75, 3.05) is 23.4 Å². The third kappa shape index (κ3) is 3.27. The van der Waals surface area contributed by atoms with Crippen molar-refractivity contribution in [3.8, 4) is 0 Å². The van der Waals surface area contributed by atoms with E-state index in [4.69, 9.17) is 0 Å². The summed E-state index contributed by atoms with van der Waals surface area (Å²) in [5.74, 6) is -0.156. The summed E-state index contributed by atoms with van der Waals surface area (Å²) in [5, 5.41) is 5.91. The molecule has 6 nitrogen and oxygen atoms in total. The summed E-state index contributed by atoms with van der Waals surface area (Å²) in [6.45, 7) is 4.38. The van der Waals surface area contributed by atoms with Crippen LogP contribution in [0.3, 0.4) is 0 Å². The lowest BCUT2D eigenvalue weighted by Gasteiger charge is -2.24. The Morgan fingerprint density at radius 1 is 1.50 bits per heavy atom. The first kappa shape index (κ1) is 14.8. The second kappa shape index (κ2) is 5.40. The van der Waals surface area contributed by atoms with E-state index in [9.17, 15) is 13.2 Å². The molecule has 1 atom stereocenters. The van der Waals surface area contributed by atoms with Crippen LogP contribution in [-0.4, -0.2) is 42.9 Å². The molecule has 0 radical (unpaired) electrons. The van der Waals surface area contributed by atoms with Crippen LogP contribution >= 0.6 is 0 Å². The van der Waals surface area contributed by atoms with E-state index in [-0.39, 0.29) is 17.4 Å². The van der Waals surface area contributed by atoms with E-state index in [1.807, 2.05) is 6.92 Å². The van der Waals surface area contributed by atoms with Gasteiger partial charge < -0.3 is 10.6 Å². The van der Waals surface area contributed by atoms with Gasteiger partial charge in [0.15, 0.2) is 9.84 Å². The molecule has 1 aliphatic heterocycles. The lowest BCUT2D eigenvalue weighted by Crippen LogP contribution is -2.47. The molecule has 1 amide bonds. The minimum Gasteiger partial charge on any atom is -0.383 e. The molecular weight excluding hydrogens is 278 g/mol. The molecule has 1 fully saturated rings. The normalized spacial score (nSPS) is 24.3. The number of hydrogen-bond donors (Lipinski definition) is 2. The number of pyridine rings is 1. The standard InChI is InChI=1S/C13H19N3O3S/c1-3-15-11-8-14-6-4-10(11)12(17)16-13(2)5-7-20(18,19)9-13/h4,6,8,15H,3,5,7,9H2,1-2H3,(H,16,17). The van der Waals surface area contributed by atoms with Gasteiger partial charge in [0.1, 0.15) is 0 Å². The van der Waals surface area contributed by atoms with Crippen LogP contribution in [0.4, 0.5) is 5.69 Å². The highest BCUT2D eigenvalue weighted by molar-refractivity contribution is 7.91. The molecule has 0 bridgehead atoms. The van der Waals surface area contributed by atoms with Crippen LogP contribution in [0.5, 0.6) is 0 Å². The second-order valence-corrected chi connectivity index (χ2v) is 7.49. The summed E-state index contributed by atoms with van der Waals surface area (Å²) in [6.07, 6.45) is 3.58. The molecule has 0 saturated carbocycles. The number of carbonyl (C=O) groups excluding carboxylic acids is 1. The Balaban J connectivity index is 2.17. The minimum atomic E-state index is -3.04. The molecule has 2 heterocycles. The Hall–Kier alpha value is -1.63. The Bertz CT molecular complexity index is 615. The van der Waals surface area contributed by atoms with Crippen molar-refractivity contribution >= 4 is 21.4 Å². The van der Waals surface area contributed by atoms with E-state index < -0.39 is 15.4 Å².